The lowest BCUT2D eigenvalue weighted by molar-refractivity contribution is -0.143. The van der Waals surface area contributed by atoms with Crippen LogP contribution in [0.4, 0.5) is 13.6 Å². The molecule has 0 fully saturated rings. The van der Waals surface area contributed by atoms with Gasteiger partial charge in [0.05, 0.1) is 0 Å². The molecule has 0 radical (unpaired) electrons. The van der Waals surface area contributed by atoms with E-state index in [1.54, 1.807) is 0 Å². The molecule has 2 unspecified atom stereocenters. The SMILES string of the molecule is CC(NC(=O)OCC1c2ccccc2-c2ccccc21)C(=O)NC(CC(F)F)C(=O)O. The Balaban J connectivity index is 1.58. The second-order valence-corrected chi connectivity index (χ2v) is 7.22. The van der Waals surface area contributed by atoms with Gasteiger partial charge in [-0.3, -0.25) is 4.79 Å². The summed E-state index contributed by atoms with van der Waals surface area (Å²) in [6, 6.07) is 12.7. The van der Waals surface area contributed by atoms with Crippen LogP contribution >= 0.6 is 0 Å². The lowest BCUT2D eigenvalue weighted by Crippen LogP contribution is -2.51. The van der Waals surface area contributed by atoms with Crippen LogP contribution in [0.15, 0.2) is 48.5 Å². The monoisotopic (exact) mass is 432 g/mol. The van der Waals surface area contributed by atoms with E-state index in [1.165, 1.54) is 6.92 Å². The van der Waals surface area contributed by atoms with Crippen LogP contribution in [0.5, 0.6) is 0 Å². The van der Waals surface area contributed by atoms with Crippen molar-refractivity contribution in [2.24, 2.45) is 0 Å². The highest BCUT2D eigenvalue weighted by atomic mass is 19.3. The van der Waals surface area contributed by atoms with Gasteiger partial charge in [0.1, 0.15) is 18.7 Å². The highest BCUT2D eigenvalue weighted by molar-refractivity contribution is 5.89. The van der Waals surface area contributed by atoms with Crippen LogP contribution in [-0.4, -0.2) is 48.2 Å². The van der Waals surface area contributed by atoms with Crippen molar-refractivity contribution < 1.29 is 33.0 Å². The third-order valence-electron chi connectivity index (χ3n) is 5.10. The number of alkyl halides is 2. The van der Waals surface area contributed by atoms with Crippen LogP contribution in [0.3, 0.4) is 0 Å². The van der Waals surface area contributed by atoms with Gasteiger partial charge < -0.3 is 20.5 Å². The maximum absolute atomic E-state index is 12.5. The number of halogens is 2. The first-order chi connectivity index (χ1) is 14.8. The van der Waals surface area contributed by atoms with Crippen molar-refractivity contribution in [2.75, 3.05) is 6.61 Å². The van der Waals surface area contributed by atoms with E-state index in [2.05, 4.69) is 5.32 Å². The Bertz CT molecular complexity index is 936. The van der Waals surface area contributed by atoms with E-state index in [4.69, 9.17) is 9.84 Å². The summed E-state index contributed by atoms with van der Waals surface area (Å²) in [5.74, 6) is -2.65. The van der Waals surface area contributed by atoms with Gasteiger partial charge >= 0.3 is 12.1 Å². The van der Waals surface area contributed by atoms with Gasteiger partial charge in [0, 0.05) is 12.3 Å². The quantitative estimate of drug-likeness (QED) is 0.595. The van der Waals surface area contributed by atoms with Crippen molar-refractivity contribution in [1.29, 1.82) is 0 Å². The molecule has 1 aliphatic rings. The summed E-state index contributed by atoms with van der Waals surface area (Å²) in [7, 11) is 0. The summed E-state index contributed by atoms with van der Waals surface area (Å²) >= 11 is 0. The summed E-state index contributed by atoms with van der Waals surface area (Å²) in [4.78, 5) is 35.3. The van der Waals surface area contributed by atoms with Crippen molar-refractivity contribution in [2.45, 2.75) is 37.8 Å². The minimum atomic E-state index is -2.90. The molecule has 0 aliphatic heterocycles. The molecule has 0 saturated carbocycles. The van der Waals surface area contributed by atoms with Crippen LogP contribution in [0.25, 0.3) is 11.1 Å². The Morgan fingerprint density at radius 2 is 1.55 bits per heavy atom. The maximum Gasteiger partial charge on any atom is 0.407 e. The van der Waals surface area contributed by atoms with Gasteiger partial charge in [0.25, 0.3) is 0 Å². The number of amides is 2. The molecule has 2 amide bonds. The Morgan fingerprint density at radius 1 is 1.00 bits per heavy atom. The number of hydrogen-bond acceptors (Lipinski definition) is 4. The molecule has 3 rings (SSSR count). The van der Waals surface area contributed by atoms with Crippen molar-refractivity contribution in [3.8, 4) is 11.1 Å². The number of nitrogens with one attached hydrogen (secondary N) is 2. The third-order valence-corrected chi connectivity index (χ3v) is 5.10. The number of aliphatic carboxylic acids is 1. The van der Waals surface area contributed by atoms with E-state index < -0.39 is 42.9 Å². The minimum absolute atomic E-state index is 0.0390. The predicted octanol–water partition coefficient (Wildman–Crippen LogP) is 3.14. The Morgan fingerprint density at radius 3 is 2.06 bits per heavy atom. The van der Waals surface area contributed by atoms with Crippen molar-refractivity contribution in [3.63, 3.8) is 0 Å². The van der Waals surface area contributed by atoms with Crippen LogP contribution < -0.4 is 10.6 Å². The molecule has 0 aromatic heterocycles. The number of benzene rings is 2. The minimum Gasteiger partial charge on any atom is -0.480 e. The number of fused-ring (bicyclic) bond motifs is 3. The molecule has 31 heavy (non-hydrogen) atoms. The predicted molar refractivity (Wildman–Crippen MR) is 108 cm³/mol. The number of ether oxygens (including phenoxy) is 1. The van der Waals surface area contributed by atoms with Gasteiger partial charge in [-0.2, -0.15) is 0 Å². The molecule has 0 heterocycles. The maximum atomic E-state index is 12.5. The van der Waals surface area contributed by atoms with E-state index in [9.17, 15) is 23.2 Å². The summed E-state index contributed by atoms with van der Waals surface area (Å²) in [6.45, 7) is 1.34. The highest BCUT2D eigenvalue weighted by Crippen LogP contribution is 2.44. The molecule has 0 saturated heterocycles. The van der Waals surface area contributed by atoms with Gasteiger partial charge in [-0.05, 0) is 29.2 Å². The van der Waals surface area contributed by atoms with Gasteiger partial charge in [-0.15, -0.1) is 0 Å². The van der Waals surface area contributed by atoms with E-state index in [0.717, 1.165) is 22.3 Å². The third kappa shape index (κ3) is 5.17. The number of carboxylic acid groups (broad SMARTS) is 1. The van der Waals surface area contributed by atoms with E-state index in [0.29, 0.717) is 0 Å². The van der Waals surface area contributed by atoms with Crippen molar-refractivity contribution in [3.05, 3.63) is 59.7 Å². The number of carbonyl (C=O) groups excluding carboxylic acids is 2. The van der Waals surface area contributed by atoms with E-state index in [-0.39, 0.29) is 12.5 Å². The zero-order chi connectivity index (χ0) is 22.5. The molecule has 0 bridgehead atoms. The van der Waals surface area contributed by atoms with E-state index >= 15 is 0 Å². The molecule has 9 heteroatoms. The first-order valence-corrected chi connectivity index (χ1v) is 9.70. The van der Waals surface area contributed by atoms with E-state index in [1.807, 2.05) is 53.8 Å². The van der Waals surface area contributed by atoms with Crippen LogP contribution in [0, 0.1) is 0 Å². The summed E-state index contributed by atoms with van der Waals surface area (Å²) < 4.78 is 30.2. The largest absolute Gasteiger partial charge is 0.480 e. The number of rotatable bonds is 8. The average Bonchev–Trinajstić information content (AvgIpc) is 3.05. The van der Waals surface area contributed by atoms with Crippen molar-refractivity contribution in [1.82, 2.24) is 10.6 Å². The van der Waals surface area contributed by atoms with Crippen LogP contribution in [0.1, 0.15) is 30.4 Å². The first kappa shape index (κ1) is 22.2. The molecule has 2 atom stereocenters. The molecule has 3 N–H and O–H groups in total. The number of alkyl carbamates (subject to hydrolysis) is 1. The van der Waals surface area contributed by atoms with Crippen molar-refractivity contribution >= 4 is 18.0 Å². The van der Waals surface area contributed by atoms with Gasteiger partial charge in [-0.25, -0.2) is 18.4 Å². The molecule has 7 nitrogen and oxygen atoms in total. The smallest absolute Gasteiger partial charge is 0.407 e. The molecular formula is C22H22F2N2O5. The zero-order valence-electron chi connectivity index (χ0n) is 16.7. The van der Waals surface area contributed by atoms with Crippen LogP contribution in [0.2, 0.25) is 0 Å². The zero-order valence-corrected chi connectivity index (χ0v) is 16.7. The molecule has 0 spiro atoms. The average molecular weight is 432 g/mol. The standard InChI is InChI=1S/C22H22F2N2O5/c1-12(20(27)26-18(21(28)29)10-19(23)24)25-22(30)31-11-17-15-8-4-2-6-13(15)14-7-3-5-9-16(14)17/h2-9,12,17-19H,10-11H2,1H3,(H,25,30)(H,26,27)(H,28,29). The molecular weight excluding hydrogens is 410 g/mol. The van der Waals surface area contributed by atoms with Gasteiger partial charge in [-0.1, -0.05) is 48.5 Å². The first-order valence-electron chi connectivity index (χ1n) is 9.70. The fourth-order valence-electron chi connectivity index (χ4n) is 3.58. The van der Waals surface area contributed by atoms with Gasteiger partial charge in [0.2, 0.25) is 12.3 Å². The molecule has 2 aromatic carbocycles. The van der Waals surface area contributed by atoms with Gasteiger partial charge in [0.15, 0.2) is 0 Å². The molecule has 2 aromatic rings. The topological polar surface area (TPSA) is 105 Å². The fraction of sp³-hybridized carbons (Fsp3) is 0.318. The summed E-state index contributed by atoms with van der Waals surface area (Å²) in [5, 5.41) is 13.2. The number of carboxylic acids is 1. The Kier molecular flexibility index (Phi) is 6.84. The summed E-state index contributed by atoms with van der Waals surface area (Å²) in [5.41, 5.74) is 4.19. The molecule has 1 aliphatic carbocycles. The van der Waals surface area contributed by atoms with Crippen LogP contribution in [-0.2, 0) is 14.3 Å². The Labute approximate surface area is 177 Å². The summed E-state index contributed by atoms with van der Waals surface area (Å²) in [6.07, 6.45) is -4.80. The normalized spacial score (nSPS) is 14.3. The Hall–Kier alpha value is -3.49. The lowest BCUT2D eigenvalue weighted by Gasteiger charge is -2.19. The second kappa shape index (κ2) is 9.55. The number of hydrogen-bond donors (Lipinski definition) is 3. The highest BCUT2D eigenvalue weighted by Gasteiger charge is 2.30. The fourth-order valence-corrected chi connectivity index (χ4v) is 3.58. The molecule has 164 valence electrons. The lowest BCUT2D eigenvalue weighted by atomic mass is 9.98. The second-order valence-electron chi connectivity index (χ2n) is 7.22. The number of carbonyl (C=O) groups is 3.